The largest absolute Gasteiger partial charge is 0.383 e. The van der Waals surface area contributed by atoms with E-state index in [1.165, 1.54) is 11.8 Å². The van der Waals surface area contributed by atoms with Crippen LogP contribution in [0.2, 0.25) is 0 Å². The SMILES string of the molecule is COCC(C)Nc1cc(NN)nc(SC)n1. The number of methoxy groups -OCH3 is 1. The molecular formula is C9H17N5OS. The highest BCUT2D eigenvalue weighted by Gasteiger charge is 2.06. The molecule has 0 saturated carbocycles. The quantitative estimate of drug-likeness (QED) is 0.296. The molecule has 0 aliphatic carbocycles. The summed E-state index contributed by atoms with van der Waals surface area (Å²) in [4.78, 5) is 8.48. The number of ether oxygens (including phenoxy) is 1. The van der Waals surface area contributed by atoms with Gasteiger partial charge < -0.3 is 15.5 Å². The van der Waals surface area contributed by atoms with Crippen molar-refractivity contribution in [2.45, 2.75) is 18.1 Å². The second kappa shape index (κ2) is 6.51. The Balaban J connectivity index is 2.78. The molecule has 1 aromatic heterocycles. The van der Waals surface area contributed by atoms with Crippen LogP contribution in [0.4, 0.5) is 11.6 Å². The molecule has 0 aromatic carbocycles. The molecule has 0 aliphatic rings. The summed E-state index contributed by atoms with van der Waals surface area (Å²) in [7, 11) is 1.67. The van der Waals surface area contributed by atoms with Crippen molar-refractivity contribution in [2.75, 3.05) is 30.7 Å². The van der Waals surface area contributed by atoms with Gasteiger partial charge in [-0.25, -0.2) is 15.8 Å². The summed E-state index contributed by atoms with van der Waals surface area (Å²) in [5.74, 6) is 6.65. The van der Waals surface area contributed by atoms with Gasteiger partial charge in [-0.2, -0.15) is 0 Å². The number of nitrogens with two attached hydrogens (primary N) is 1. The van der Waals surface area contributed by atoms with Gasteiger partial charge >= 0.3 is 0 Å². The van der Waals surface area contributed by atoms with Gasteiger partial charge in [0, 0.05) is 19.2 Å². The molecule has 0 saturated heterocycles. The second-order valence-electron chi connectivity index (χ2n) is 3.27. The number of aromatic nitrogens is 2. The first-order chi connectivity index (χ1) is 7.69. The predicted octanol–water partition coefficient (Wildman–Crippen LogP) is 0.931. The van der Waals surface area contributed by atoms with Gasteiger partial charge in [0.1, 0.15) is 11.6 Å². The fraction of sp³-hybridized carbons (Fsp3) is 0.556. The summed E-state index contributed by atoms with van der Waals surface area (Å²) in [6.07, 6.45) is 1.91. The number of rotatable bonds is 6. The summed E-state index contributed by atoms with van der Waals surface area (Å²) < 4.78 is 5.04. The van der Waals surface area contributed by atoms with E-state index >= 15 is 0 Å². The number of nitrogens with one attached hydrogen (secondary N) is 2. The molecule has 0 bridgehead atoms. The molecule has 0 fully saturated rings. The Morgan fingerprint density at radius 2 is 2.19 bits per heavy atom. The van der Waals surface area contributed by atoms with Crippen LogP contribution in [-0.2, 0) is 4.74 Å². The molecule has 1 atom stereocenters. The summed E-state index contributed by atoms with van der Waals surface area (Å²) in [6.45, 7) is 2.63. The Hall–Kier alpha value is -1.05. The summed E-state index contributed by atoms with van der Waals surface area (Å²) in [5.41, 5.74) is 2.51. The van der Waals surface area contributed by atoms with E-state index in [0.29, 0.717) is 17.6 Å². The first-order valence-corrected chi connectivity index (χ1v) is 6.07. The molecule has 0 amide bonds. The van der Waals surface area contributed by atoms with Crippen molar-refractivity contribution in [1.29, 1.82) is 0 Å². The molecule has 1 rings (SSSR count). The van der Waals surface area contributed by atoms with Gasteiger partial charge in [-0.15, -0.1) is 0 Å². The number of hydrogen-bond donors (Lipinski definition) is 3. The van der Waals surface area contributed by atoms with Gasteiger partial charge in [-0.1, -0.05) is 11.8 Å². The fourth-order valence-electron chi connectivity index (χ4n) is 1.21. The van der Waals surface area contributed by atoms with Crippen molar-refractivity contribution in [3.63, 3.8) is 0 Å². The lowest BCUT2D eigenvalue weighted by molar-refractivity contribution is 0.190. The maximum atomic E-state index is 5.33. The third kappa shape index (κ3) is 3.84. The van der Waals surface area contributed by atoms with Crippen LogP contribution in [0.3, 0.4) is 0 Å². The van der Waals surface area contributed by atoms with E-state index in [1.807, 2.05) is 13.2 Å². The number of thioether (sulfide) groups is 1. The minimum Gasteiger partial charge on any atom is -0.383 e. The van der Waals surface area contributed by atoms with Crippen LogP contribution >= 0.6 is 11.8 Å². The summed E-state index contributed by atoms with van der Waals surface area (Å²) in [5, 5.41) is 3.88. The molecule has 0 aliphatic heterocycles. The Bertz CT molecular complexity index is 313. The zero-order chi connectivity index (χ0) is 12.0. The van der Waals surface area contributed by atoms with Gasteiger partial charge in [0.2, 0.25) is 0 Å². The molecule has 16 heavy (non-hydrogen) atoms. The topological polar surface area (TPSA) is 85.1 Å². The van der Waals surface area contributed by atoms with Crippen LogP contribution in [-0.4, -0.2) is 36.0 Å². The Morgan fingerprint density at radius 1 is 1.50 bits per heavy atom. The van der Waals surface area contributed by atoms with E-state index in [1.54, 1.807) is 13.2 Å². The maximum Gasteiger partial charge on any atom is 0.191 e. The van der Waals surface area contributed by atoms with Crippen LogP contribution in [0.25, 0.3) is 0 Å². The molecule has 0 radical (unpaired) electrons. The maximum absolute atomic E-state index is 5.33. The lowest BCUT2D eigenvalue weighted by atomic mass is 10.3. The normalized spacial score (nSPS) is 12.2. The van der Waals surface area contributed by atoms with E-state index < -0.39 is 0 Å². The lowest BCUT2D eigenvalue weighted by Gasteiger charge is -2.14. The molecule has 0 spiro atoms. The van der Waals surface area contributed by atoms with Crippen molar-refractivity contribution in [3.8, 4) is 0 Å². The van der Waals surface area contributed by atoms with Gasteiger partial charge in [-0.3, -0.25) is 0 Å². The van der Waals surface area contributed by atoms with Gasteiger partial charge in [0.25, 0.3) is 0 Å². The van der Waals surface area contributed by atoms with Crippen LogP contribution in [0.15, 0.2) is 11.2 Å². The molecular weight excluding hydrogens is 226 g/mol. The number of hydrazine groups is 1. The molecule has 90 valence electrons. The zero-order valence-electron chi connectivity index (χ0n) is 9.65. The highest BCUT2D eigenvalue weighted by atomic mass is 32.2. The fourth-order valence-corrected chi connectivity index (χ4v) is 1.59. The molecule has 7 heteroatoms. The molecule has 6 nitrogen and oxygen atoms in total. The van der Waals surface area contributed by atoms with E-state index in [-0.39, 0.29) is 6.04 Å². The van der Waals surface area contributed by atoms with Crippen molar-refractivity contribution in [1.82, 2.24) is 9.97 Å². The number of nitrogens with zero attached hydrogens (tertiary/aromatic N) is 2. The highest BCUT2D eigenvalue weighted by molar-refractivity contribution is 7.98. The van der Waals surface area contributed by atoms with Gasteiger partial charge in [-0.05, 0) is 13.2 Å². The van der Waals surface area contributed by atoms with Crippen molar-refractivity contribution >= 4 is 23.4 Å². The molecule has 1 unspecified atom stereocenters. The predicted molar refractivity (Wildman–Crippen MR) is 66.6 cm³/mol. The average Bonchev–Trinajstić information content (AvgIpc) is 2.28. The minimum absolute atomic E-state index is 0.181. The Labute approximate surface area is 99.3 Å². The van der Waals surface area contributed by atoms with E-state index in [9.17, 15) is 0 Å². The van der Waals surface area contributed by atoms with E-state index in [0.717, 1.165) is 5.82 Å². The van der Waals surface area contributed by atoms with E-state index in [2.05, 4.69) is 20.7 Å². The molecule has 4 N–H and O–H groups in total. The van der Waals surface area contributed by atoms with Gasteiger partial charge in [0.15, 0.2) is 5.16 Å². The van der Waals surface area contributed by atoms with Crippen LogP contribution < -0.4 is 16.6 Å². The standard InChI is InChI=1S/C9H17N5OS/c1-6(5-15-2)11-7-4-8(14-10)13-9(12-7)16-3/h4,6H,5,10H2,1-3H3,(H2,11,12,13,14). The number of nitrogen functional groups attached to an aromatic ring is 1. The highest BCUT2D eigenvalue weighted by Crippen LogP contribution is 2.17. The minimum atomic E-state index is 0.181. The third-order valence-electron chi connectivity index (χ3n) is 1.85. The lowest BCUT2D eigenvalue weighted by Crippen LogP contribution is -2.22. The zero-order valence-corrected chi connectivity index (χ0v) is 10.5. The summed E-state index contributed by atoms with van der Waals surface area (Å²) >= 11 is 1.46. The average molecular weight is 243 g/mol. The second-order valence-corrected chi connectivity index (χ2v) is 4.04. The summed E-state index contributed by atoms with van der Waals surface area (Å²) in [6, 6.07) is 1.94. The Kier molecular flexibility index (Phi) is 5.30. The monoisotopic (exact) mass is 243 g/mol. The van der Waals surface area contributed by atoms with E-state index in [4.69, 9.17) is 10.6 Å². The Morgan fingerprint density at radius 3 is 2.75 bits per heavy atom. The van der Waals surface area contributed by atoms with Crippen LogP contribution in [0, 0.1) is 0 Å². The molecule has 1 aromatic rings. The van der Waals surface area contributed by atoms with Crippen molar-refractivity contribution in [3.05, 3.63) is 6.07 Å². The van der Waals surface area contributed by atoms with Crippen molar-refractivity contribution in [2.24, 2.45) is 5.84 Å². The number of anilines is 2. The van der Waals surface area contributed by atoms with Crippen LogP contribution in [0.1, 0.15) is 6.92 Å². The first-order valence-electron chi connectivity index (χ1n) is 4.84. The van der Waals surface area contributed by atoms with Crippen molar-refractivity contribution < 1.29 is 4.74 Å². The molecule has 1 heterocycles. The first kappa shape index (κ1) is 13.0. The smallest absolute Gasteiger partial charge is 0.191 e. The van der Waals surface area contributed by atoms with Crippen LogP contribution in [0.5, 0.6) is 0 Å². The van der Waals surface area contributed by atoms with Gasteiger partial charge in [0.05, 0.1) is 6.61 Å². The number of hydrogen-bond acceptors (Lipinski definition) is 7. The third-order valence-corrected chi connectivity index (χ3v) is 2.39.